The van der Waals surface area contributed by atoms with Gasteiger partial charge < -0.3 is 9.47 Å². The monoisotopic (exact) mass is 365 g/mol. The highest BCUT2D eigenvalue weighted by Crippen LogP contribution is 2.28. The smallest absolute Gasteiger partial charge is 0.387 e. The molecule has 0 bridgehead atoms. The van der Waals surface area contributed by atoms with E-state index in [2.05, 4.69) is 9.47 Å². The summed E-state index contributed by atoms with van der Waals surface area (Å²) in [5.74, 6) is -1.66. The average molecular weight is 365 g/mol. The second-order valence-electron chi connectivity index (χ2n) is 4.85. The van der Waals surface area contributed by atoms with Crippen LogP contribution in [0.25, 0.3) is 6.08 Å². The second-order valence-corrected chi connectivity index (χ2v) is 4.85. The van der Waals surface area contributed by atoms with E-state index in [-0.39, 0.29) is 5.56 Å². The van der Waals surface area contributed by atoms with Crippen LogP contribution in [0, 0.1) is 11.3 Å². The van der Waals surface area contributed by atoms with Crippen LogP contribution in [0.1, 0.15) is 21.5 Å². The molecule has 26 heavy (non-hydrogen) atoms. The number of rotatable bonds is 7. The molecule has 0 aromatic heterocycles. The molecule has 0 aliphatic carbocycles. The van der Waals surface area contributed by atoms with Crippen LogP contribution in [-0.4, -0.2) is 19.0 Å². The Morgan fingerprint density at radius 2 is 1.65 bits per heavy atom. The van der Waals surface area contributed by atoms with Crippen molar-refractivity contribution >= 4 is 11.9 Å². The summed E-state index contributed by atoms with van der Waals surface area (Å²) in [6, 6.07) is 11.1. The fourth-order valence-corrected chi connectivity index (χ4v) is 2.01. The molecular formula is C18H11F4NO3. The molecule has 2 aromatic carbocycles. The molecule has 2 aromatic rings. The molecule has 0 spiro atoms. The van der Waals surface area contributed by atoms with Gasteiger partial charge in [-0.05, 0) is 35.9 Å². The van der Waals surface area contributed by atoms with Crippen LogP contribution in [-0.2, 0) is 0 Å². The summed E-state index contributed by atoms with van der Waals surface area (Å²) >= 11 is 0. The lowest BCUT2D eigenvalue weighted by Gasteiger charge is -2.11. The highest BCUT2D eigenvalue weighted by atomic mass is 19.3. The number of alkyl halides is 4. The Balaban J connectivity index is 2.25. The SMILES string of the molecule is N#Cc1ccc(/C=C/C(=O)c2ccc(OC(F)F)cc2OC(F)F)cc1. The minimum Gasteiger partial charge on any atom is -0.435 e. The molecule has 0 aliphatic rings. The fourth-order valence-electron chi connectivity index (χ4n) is 2.01. The van der Waals surface area contributed by atoms with E-state index < -0.39 is 30.5 Å². The van der Waals surface area contributed by atoms with Gasteiger partial charge in [-0.3, -0.25) is 4.79 Å². The first-order chi connectivity index (χ1) is 12.4. The van der Waals surface area contributed by atoms with Gasteiger partial charge in [0.25, 0.3) is 0 Å². The number of allylic oxidation sites excluding steroid dienone is 1. The third-order valence-corrected chi connectivity index (χ3v) is 3.13. The van der Waals surface area contributed by atoms with Crippen molar-refractivity contribution in [2.75, 3.05) is 0 Å². The number of carbonyl (C=O) groups excluding carboxylic acids is 1. The zero-order valence-electron chi connectivity index (χ0n) is 13.0. The van der Waals surface area contributed by atoms with Gasteiger partial charge in [-0.15, -0.1) is 0 Å². The van der Waals surface area contributed by atoms with Crippen molar-refractivity contribution in [1.82, 2.24) is 0 Å². The van der Waals surface area contributed by atoms with E-state index in [4.69, 9.17) is 5.26 Å². The Morgan fingerprint density at radius 3 is 2.23 bits per heavy atom. The summed E-state index contributed by atoms with van der Waals surface area (Å²) in [6.07, 6.45) is 2.53. The molecule has 0 radical (unpaired) electrons. The summed E-state index contributed by atoms with van der Waals surface area (Å²) < 4.78 is 57.8. The summed E-state index contributed by atoms with van der Waals surface area (Å²) in [7, 11) is 0. The first kappa shape index (κ1) is 19.0. The van der Waals surface area contributed by atoms with Gasteiger partial charge >= 0.3 is 13.2 Å². The molecular weight excluding hydrogens is 354 g/mol. The maximum absolute atomic E-state index is 12.5. The van der Waals surface area contributed by atoms with E-state index in [1.165, 1.54) is 6.08 Å². The van der Waals surface area contributed by atoms with Gasteiger partial charge in [-0.1, -0.05) is 18.2 Å². The van der Waals surface area contributed by atoms with Gasteiger partial charge in [0.05, 0.1) is 17.2 Å². The first-order valence-electron chi connectivity index (χ1n) is 7.15. The van der Waals surface area contributed by atoms with Crippen LogP contribution in [0.5, 0.6) is 11.5 Å². The Labute approximate surface area is 145 Å². The Bertz CT molecular complexity index is 843. The number of nitriles is 1. The molecule has 0 saturated carbocycles. The third-order valence-electron chi connectivity index (χ3n) is 3.13. The van der Waals surface area contributed by atoms with Crippen molar-refractivity contribution in [3.05, 3.63) is 65.2 Å². The van der Waals surface area contributed by atoms with Gasteiger partial charge in [0, 0.05) is 6.07 Å². The van der Waals surface area contributed by atoms with Gasteiger partial charge in [0.2, 0.25) is 0 Å². The minimum atomic E-state index is -3.24. The first-order valence-corrected chi connectivity index (χ1v) is 7.15. The van der Waals surface area contributed by atoms with Crippen molar-refractivity contribution in [3.63, 3.8) is 0 Å². The van der Waals surface area contributed by atoms with Gasteiger partial charge in [-0.2, -0.15) is 22.8 Å². The van der Waals surface area contributed by atoms with Crippen LogP contribution in [0.15, 0.2) is 48.5 Å². The molecule has 4 nitrogen and oxygen atoms in total. The number of nitrogens with zero attached hydrogens (tertiary/aromatic N) is 1. The topological polar surface area (TPSA) is 59.3 Å². The lowest BCUT2D eigenvalue weighted by molar-refractivity contribution is -0.0544. The second kappa shape index (κ2) is 8.67. The standard InChI is InChI=1S/C18H11F4NO3/c19-17(20)25-13-6-7-14(16(9-13)26-18(21)22)15(24)8-5-11-1-3-12(10-23)4-2-11/h1-9,17-18H/b8-5+. The Kier molecular flexibility index (Phi) is 6.33. The van der Waals surface area contributed by atoms with Crippen LogP contribution >= 0.6 is 0 Å². The molecule has 0 fully saturated rings. The van der Waals surface area contributed by atoms with Crippen molar-refractivity contribution in [2.24, 2.45) is 0 Å². The summed E-state index contributed by atoms with van der Waals surface area (Å²) in [5.41, 5.74) is 0.804. The van der Waals surface area contributed by atoms with Crippen molar-refractivity contribution in [2.45, 2.75) is 13.2 Å². The van der Waals surface area contributed by atoms with E-state index in [1.807, 2.05) is 6.07 Å². The zero-order valence-corrected chi connectivity index (χ0v) is 13.0. The molecule has 0 aliphatic heterocycles. The normalized spacial score (nSPS) is 11.0. The van der Waals surface area contributed by atoms with Crippen molar-refractivity contribution < 1.29 is 31.8 Å². The molecule has 134 valence electrons. The molecule has 0 heterocycles. The largest absolute Gasteiger partial charge is 0.435 e. The average Bonchev–Trinajstić information content (AvgIpc) is 2.59. The van der Waals surface area contributed by atoms with Gasteiger partial charge in [-0.25, -0.2) is 0 Å². The molecule has 0 amide bonds. The lowest BCUT2D eigenvalue weighted by Crippen LogP contribution is -2.08. The quantitative estimate of drug-likeness (QED) is 0.407. The fraction of sp³-hybridized carbons (Fsp3) is 0.111. The minimum absolute atomic E-state index is 0.239. The lowest BCUT2D eigenvalue weighted by atomic mass is 10.1. The molecule has 8 heteroatoms. The number of ether oxygens (including phenoxy) is 2. The highest BCUT2D eigenvalue weighted by Gasteiger charge is 2.16. The number of carbonyl (C=O) groups is 1. The predicted molar refractivity (Wildman–Crippen MR) is 84.2 cm³/mol. The molecule has 0 unspecified atom stereocenters. The number of hydrogen-bond donors (Lipinski definition) is 0. The molecule has 2 rings (SSSR count). The number of halogens is 4. The van der Waals surface area contributed by atoms with E-state index in [0.717, 1.165) is 24.3 Å². The molecule has 0 saturated heterocycles. The van der Waals surface area contributed by atoms with E-state index in [9.17, 15) is 22.4 Å². The maximum Gasteiger partial charge on any atom is 0.387 e. The zero-order chi connectivity index (χ0) is 19.1. The maximum atomic E-state index is 12.5. The third kappa shape index (κ3) is 5.34. The number of hydrogen-bond acceptors (Lipinski definition) is 4. The number of ketones is 1. The Morgan fingerprint density at radius 1 is 1.00 bits per heavy atom. The summed E-state index contributed by atoms with van der Waals surface area (Å²) in [4.78, 5) is 12.2. The van der Waals surface area contributed by atoms with Crippen LogP contribution in [0.2, 0.25) is 0 Å². The van der Waals surface area contributed by atoms with Crippen molar-refractivity contribution in [1.29, 1.82) is 5.26 Å². The highest BCUT2D eigenvalue weighted by molar-refractivity contribution is 6.08. The molecule has 0 atom stereocenters. The van der Waals surface area contributed by atoms with Crippen LogP contribution in [0.4, 0.5) is 17.6 Å². The van der Waals surface area contributed by atoms with E-state index in [1.54, 1.807) is 24.3 Å². The van der Waals surface area contributed by atoms with Gasteiger partial charge in [0.15, 0.2) is 5.78 Å². The van der Waals surface area contributed by atoms with E-state index in [0.29, 0.717) is 11.1 Å². The summed E-state index contributed by atoms with van der Waals surface area (Å²) in [5, 5.41) is 8.72. The van der Waals surface area contributed by atoms with Gasteiger partial charge in [0.1, 0.15) is 11.5 Å². The predicted octanol–water partition coefficient (Wildman–Crippen LogP) is 4.66. The Hall–Kier alpha value is -3.34. The number of benzene rings is 2. The van der Waals surface area contributed by atoms with Crippen LogP contribution in [0.3, 0.4) is 0 Å². The van der Waals surface area contributed by atoms with E-state index >= 15 is 0 Å². The molecule has 0 N–H and O–H groups in total. The van der Waals surface area contributed by atoms with Crippen LogP contribution < -0.4 is 9.47 Å². The summed E-state index contributed by atoms with van der Waals surface area (Å²) in [6.45, 7) is -6.39. The van der Waals surface area contributed by atoms with Crippen molar-refractivity contribution in [3.8, 4) is 17.6 Å².